The van der Waals surface area contributed by atoms with E-state index in [0.717, 1.165) is 13.0 Å². The lowest BCUT2D eigenvalue weighted by Gasteiger charge is -2.03. The van der Waals surface area contributed by atoms with Crippen molar-refractivity contribution < 1.29 is 4.79 Å². The number of carbonyl (C=O) groups is 1. The Morgan fingerprint density at radius 1 is 0.500 bits per heavy atom. The lowest BCUT2D eigenvalue weighted by Crippen LogP contribution is -2.19. The van der Waals surface area contributed by atoms with Crippen molar-refractivity contribution in [2.24, 2.45) is 0 Å². The fraction of sp³-hybridized carbons (Fsp3) is 0.962. The Hall–Kier alpha value is -0.530. The Bertz CT molecular complexity index is 237. The van der Waals surface area contributed by atoms with Crippen LogP contribution in [0.25, 0.3) is 0 Å². The van der Waals surface area contributed by atoms with Crippen LogP contribution in [0.3, 0.4) is 0 Å². The van der Waals surface area contributed by atoms with Crippen molar-refractivity contribution in [3.8, 4) is 0 Å². The Labute approximate surface area is 180 Å². The fourth-order valence-corrected chi connectivity index (χ4v) is 3.10. The molecule has 0 aliphatic rings. The van der Waals surface area contributed by atoms with Crippen molar-refractivity contribution in [3.05, 3.63) is 0 Å². The first kappa shape index (κ1) is 32.1. The van der Waals surface area contributed by atoms with Gasteiger partial charge in [0.15, 0.2) is 0 Å². The highest BCUT2D eigenvalue weighted by Gasteiger charge is 1.94. The maximum Gasteiger partial charge on any atom is 0.216 e. The molecule has 2 heteroatoms. The van der Waals surface area contributed by atoms with Gasteiger partial charge in [0.05, 0.1) is 0 Å². The van der Waals surface area contributed by atoms with Gasteiger partial charge in [-0.3, -0.25) is 4.79 Å². The summed E-state index contributed by atoms with van der Waals surface area (Å²) in [6.45, 7) is 12.9. The van der Waals surface area contributed by atoms with Gasteiger partial charge >= 0.3 is 0 Å². The lowest BCUT2D eigenvalue weighted by molar-refractivity contribution is -0.118. The normalized spacial score (nSPS) is 9.79. The fourth-order valence-electron chi connectivity index (χ4n) is 3.10. The van der Waals surface area contributed by atoms with Gasteiger partial charge in [-0.1, -0.05) is 144 Å². The first-order valence-electron chi connectivity index (χ1n) is 12.9. The summed E-state index contributed by atoms with van der Waals surface area (Å²) in [5.74, 6) is 0.0573. The standard InChI is InChI=1S/C19H40.C5H11NO.C2H6/c1-3-5-7-9-11-13-15-17-19-18-16-14-12-10-8-6-4-2;1-3-4-6-5(2)7;1-2/h3-19H2,1-2H3;3-4H2,1-2H3,(H,6,7);1-2H3. The summed E-state index contributed by atoms with van der Waals surface area (Å²) in [5.41, 5.74) is 0. The molecule has 0 bridgehead atoms. The van der Waals surface area contributed by atoms with E-state index in [-0.39, 0.29) is 5.91 Å². The van der Waals surface area contributed by atoms with Crippen LogP contribution in [0.2, 0.25) is 0 Å². The molecule has 1 N–H and O–H groups in total. The zero-order valence-electron chi connectivity index (χ0n) is 20.8. The number of carbonyl (C=O) groups excluding carboxylic acids is 1. The number of hydrogen-bond acceptors (Lipinski definition) is 1. The van der Waals surface area contributed by atoms with Gasteiger partial charge in [0.1, 0.15) is 0 Å². The van der Waals surface area contributed by atoms with Crippen molar-refractivity contribution >= 4 is 5.91 Å². The average molecular weight is 400 g/mol. The summed E-state index contributed by atoms with van der Waals surface area (Å²) in [6.07, 6.45) is 25.9. The number of nitrogens with one attached hydrogen (secondary N) is 1. The maximum absolute atomic E-state index is 10.1. The second-order valence-corrected chi connectivity index (χ2v) is 7.79. The van der Waals surface area contributed by atoms with E-state index in [4.69, 9.17) is 0 Å². The van der Waals surface area contributed by atoms with Crippen LogP contribution in [0.15, 0.2) is 0 Å². The molecule has 2 nitrogen and oxygen atoms in total. The smallest absolute Gasteiger partial charge is 0.216 e. The summed E-state index contributed by atoms with van der Waals surface area (Å²) < 4.78 is 0. The summed E-state index contributed by atoms with van der Waals surface area (Å²) in [7, 11) is 0. The SMILES string of the molecule is CC.CCCCCCCCCCCCCCCCCCC.CCCNC(C)=O. The molecule has 0 radical (unpaired) electrons. The molecule has 0 aromatic rings. The van der Waals surface area contributed by atoms with Crippen molar-refractivity contribution in [2.75, 3.05) is 6.54 Å². The third kappa shape index (κ3) is 40.2. The van der Waals surface area contributed by atoms with Crippen LogP contribution in [0.4, 0.5) is 0 Å². The molecule has 28 heavy (non-hydrogen) atoms. The van der Waals surface area contributed by atoms with Gasteiger partial charge in [0.25, 0.3) is 0 Å². The molecule has 0 rings (SSSR count). The summed E-state index contributed by atoms with van der Waals surface area (Å²) in [6, 6.07) is 0. The minimum absolute atomic E-state index is 0.0573. The minimum Gasteiger partial charge on any atom is -0.356 e. The summed E-state index contributed by atoms with van der Waals surface area (Å²) >= 11 is 0. The Morgan fingerprint density at radius 2 is 0.750 bits per heavy atom. The molecular weight excluding hydrogens is 342 g/mol. The Balaban J connectivity index is -0.000000581. The van der Waals surface area contributed by atoms with Gasteiger partial charge in [-0.15, -0.1) is 0 Å². The molecule has 1 amide bonds. The highest BCUT2D eigenvalue weighted by Crippen LogP contribution is 2.13. The molecule has 0 aliphatic carbocycles. The number of hydrogen-bond donors (Lipinski definition) is 1. The number of unbranched alkanes of at least 4 members (excludes halogenated alkanes) is 16. The van der Waals surface area contributed by atoms with Crippen molar-refractivity contribution in [1.29, 1.82) is 0 Å². The van der Waals surface area contributed by atoms with Crippen molar-refractivity contribution in [3.63, 3.8) is 0 Å². The molecule has 0 aromatic carbocycles. The number of amides is 1. The van der Waals surface area contributed by atoms with Crippen molar-refractivity contribution in [1.82, 2.24) is 5.32 Å². The van der Waals surface area contributed by atoms with E-state index in [1.165, 1.54) is 116 Å². The van der Waals surface area contributed by atoms with E-state index in [1.807, 2.05) is 20.8 Å². The molecular formula is C26H57NO. The summed E-state index contributed by atoms with van der Waals surface area (Å²) in [5, 5.41) is 2.66. The molecule has 0 saturated carbocycles. The van der Waals surface area contributed by atoms with Gasteiger partial charge in [0.2, 0.25) is 5.91 Å². The lowest BCUT2D eigenvalue weighted by atomic mass is 10.0. The van der Waals surface area contributed by atoms with Crippen molar-refractivity contribution in [2.45, 2.75) is 157 Å². The third-order valence-electron chi connectivity index (χ3n) is 4.83. The molecule has 0 fully saturated rings. The highest BCUT2D eigenvalue weighted by molar-refractivity contribution is 5.72. The second-order valence-electron chi connectivity index (χ2n) is 7.79. The molecule has 172 valence electrons. The van der Waals surface area contributed by atoms with E-state index in [0.29, 0.717) is 0 Å². The molecule has 0 aromatic heterocycles. The summed E-state index contributed by atoms with van der Waals surface area (Å²) in [4.78, 5) is 10.1. The van der Waals surface area contributed by atoms with Crippen LogP contribution in [0, 0.1) is 0 Å². The van der Waals surface area contributed by atoms with E-state index in [1.54, 1.807) is 0 Å². The molecule has 0 aliphatic heterocycles. The van der Waals surface area contributed by atoms with Gasteiger partial charge in [-0.2, -0.15) is 0 Å². The Kier molecular flexibility index (Phi) is 39.0. The quantitative estimate of drug-likeness (QED) is 0.229. The molecule has 0 heterocycles. The molecule has 0 unspecified atom stereocenters. The highest BCUT2D eigenvalue weighted by atomic mass is 16.1. The topological polar surface area (TPSA) is 29.1 Å². The zero-order chi connectivity index (χ0) is 21.7. The van der Waals surface area contributed by atoms with Crippen LogP contribution in [-0.4, -0.2) is 12.5 Å². The van der Waals surface area contributed by atoms with Gasteiger partial charge in [0, 0.05) is 13.5 Å². The van der Waals surface area contributed by atoms with E-state index >= 15 is 0 Å². The van der Waals surface area contributed by atoms with Crippen LogP contribution in [0.5, 0.6) is 0 Å². The molecule has 0 spiro atoms. The predicted molar refractivity (Wildman–Crippen MR) is 130 cm³/mol. The Morgan fingerprint density at radius 3 is 0.893 bits per heavy atom. The van der Waals surface area contributed by atoms with E-state index in [9.17, 15) is 4.79 Å². The maximum atomic E-state index is 10.1. The van der Waals surface area contributed by atoms with E-state index in [2.05, 4.69) is 19.2 Å². The number of rotatable bonds is 18. The average Bonchev–Trinajstić information content (AvgIpc) is 2.71. The minimum atomic E-state index is 0.0573. The molecule has 0 atom stereocenters. The van der Waals surface area contributed by atoms with Gasteiger partial charge in [-0.25, -0.2) is 0 Å². The largest absolute Gasteiger partial charge is 0.356 e. The van der Waals surface area contributed by atoms with Crippen LogP contribution in [0.1, 0.15) is 157 Å². The monoisotopic (exact) mass is 399 g/mol. The first-order chi connectivity index (χ1) is 13.7. The van der Waals surface area contributed by atoms with Gasteiger partial charge < -0.3 is 5.32 Å². The van der Waals surface area contributed by atoms with Gasteiger partial charge in [-0.05, 0) is 6.42 Å². The van der Waals surface area contributed by atoms with Crippen LogP contribution >= 0.6 is 0 Å². The zero-order valence-corrected chi connectivity index (χ0v) is 20.8. The third-order valence-corrected chi connectivity index (χ3v) is 4.83. The van der Waals surface area contributed by atoms with E-state index < -0.39 is 0 Å². The first-order valence-corrected chi connectivity index (χ1v) is 12.9. The second kappa shape index (κ2) is 34.0. The van der Waals surface area contributed by atoms with Crippen LogP contribution in [-0.2, 0) is 4.79 Å². The predicted octanol–water partition coefficient (Wildman–Crippen LogP) is 9.22. The molecule has 0 saturated heterocycles. The van der Waals surface area contributed by atoms with Crippen LogP contribution < -0.4 is 5.32 Å².